The molecular formula is C17H24O2. The van der Waals surface area contributed by atoms with Gasteiger partial charge >= 0.3 is 0 Å². The molecule has 104 valence electrons. The van der Waals surface area contributed by atoms with Crippen LogP contribution in [0.1, 0.15) is 48.9 Å². The van der Waals surface area contributed by atoms with Gasteiger partial charge in [-0.15, -0.1) is 0 Å². The van der Waals surface area contributed by atoms with Crippen molar-refractivity contribution in [3.8, 4) is 11.5 Å². The van der Waals surface area contributed by atoms with E-state index >= 15 is 0 Å². The van der Waals surface area contributed by atoms with Crippen LogP contribution in [-0.2, 0) is 6.42 Å². The molecule has 1 atom stereocenters. The fourth-order valence-corrected chi connectivity index (χ4v) is 2.73. The topological polar surface area (TPSA) is 29.5 Å². The standard InChI is InChI=1S/C17H24O2/c1-6-7-8-9-17(5)10-14-13(4)15(18)11(2)12(3)16(14)19-17/h8-9,18H,6-7,10H2,1-5H3. The van der Waals surface area contributed by atoms with E-state index in [0.29, 0.717) is 5.75 Å². The molecular weight excluding hydrogens is 236 g/mol. The summed E-state index contributed by atoms with van der Waals surface area (Å²) in [6.45, 7) is 10.2. The third-order valence-electron chi connectivity index (χ3n) is 4.13. The van der Waals surface area contributed by atoms with Crippen molar-refractivity contribution in [2.45, 2.75) is 59.5 Å². The number of hydrogen-bond acceptors (Lipinski definition) is 2. The van der Waals surface area contributed by atoms with Crippen LogP contribution in [0.15, 0.2) is 12.2 Å². The van der Waals surface area contributed by atoms with E-state index in [4.69, 9.17) is 4.74 Å². The van der Waals surface area contributed by atoms with Crippen LogP contribution in [0.25, 0.3) is 0 Å². The summed E-state index contributed by atoms with van der Waals surface area (Å²) >= 11 is 0. The minimum atomic E-state index is -0.271. The summed E-state index contributed by atoms with van der Waals surface area (Å²) in [5.41, 5.74) is 3.84. The van der Waals surface area contributed by atoms with Gasteiger partial charge in [0.05, 0.1) is 0 Å². The van der Waals surface area contributed by atoms with Gasteiger partial charge < -0.3 is 9.84 Å². The average molecular weight is 260 g/mol. The lowest BCUT2D eigenvalue weighted by Gasteiger charge is -2.20. The molecule has 2 rings (SSSR count). The number of rotatable bonds is 3. The highest BCUT2D eigenvalue weighted by Crippen LogP contribution is 2.45. The van der Waals surface area contributed by atoms with E-state index in [9.17, 15) is 5.11 Å². The molecule has 19 heavy (non-hydrogen) atoms. The van der Waals surface area contributed by atoms with Crippen molar-refractivity contribution in [2.75, 3.05) is 0 Å². The monoisotopic (exact) mass is 260 g/mol. The van der Waals surface area contributed by atoms with Gasteiger partial charge in [0, 0.05) is 12.0 Å². The number of aromatic hydroxyl groups is 1. The van der Waals surface area contributed by atoms with Crippen LogP contribution in [-0.4, -0.2) is 10.7 Å². The van der Waals surface area contributed by atoms with E-state index < -0.39 is 0 Å². The molecule has 0 saturated carbocycles. The van der Waals surface area contributed by atoms with Crippen LogP contribution in [0.3, 0.4) is 0 Å². The van der Waals surface area contributed by atoms with Gasteiger partial charge in [-0.2, -0.15) is 0 Å². The number of benzene rings is 1. The van der Waals surface area contributed by atoms with Crippen LogP contribution < -0.4 is 4.74 Å². The molecule has 0 aliphatic carbocycles. The van der Waals surface area contributed by atoms with E-state index in [1.807, 2.05) is 20.8 Å². The van der Waals surface area contributed by atoms with Crippen molar-refractivity contribution in [2.24, 2.45) is 0 Å². The smallest absolute Gasteiger partial charge is 0.128 e. The van der Waals surface area contributed by atoms with Gasteiger partial charge in [-0.25, -0.2) is 0 Å². The van der Waals surface area contributed by atoms with Crippen LogP contribution in [0.4, 0.5) is 0 Å². The van der Waals surface area contributed by atoms with Crippen LogP contribution in [0, 0.1) is 20.8 Å². The third kappa shape index (κ3) is 2.36. The molecule has 0 amide bonds. The zero-order valence-electron chi connectivity index (χ0n) is 12.6. The van der Waals surface area contributed by atoms with E-state index in [1.54, 1.807) is 0 Å². The molecule has 0 bridgehead atoms. The Balaban J connectivity index is 2.40. The predicted molar refractivity (Wildman–Crippen MR) is 79.1 cm³/mol. The highest BCUT2D eigenvalue weighted by atomic mass is 16.5. The summed E-state index contributed by atoms with van der Waals surface area (Å²) in [5, 5.41) is 10.2. The first kappa shape index (κ1) is 14.0. The Hall–Kier alpha value is -1.44. The summed E-state index contributed by atoms with van der Waals surface area (Å²) in [4.78, 5) is 0. The molecule has 1 heterocycles. The summed E-state index contributed by atoms with van der Waals surface area (Å²) in [6.07, 6.45) is 7.43. The number of phenols is 1. The summed E-state index contributed by atoms with van der Waals surface area (Å²) in [7, 11) is 0. The number of unbranched alkanes of at least 4 members (excludes halogenated alkanes) is 1. The Bertz CT molecular complexity index is 490. The van der Waals surface area contributed by atoms with E-state index in [1.165, 1.54) is 0 Å². The lowest BCUT2D eigenvalue weighted by atomic mass is 9.92. The van der Waals surface area contributed by atoms with Gasteiger partial charge in [0.1, 0.15) is 17.1 Å². The lowest BCUT2D eigenvalue weighted by Crippen LogP contribution is -2.27. The van der Waals surface area contributed by atoms with Crippen LogP contribution >= 0.6 is 0 Å². The number of fused-ring (bicyclic) bond motifs is 1. The molecule has 0 saturated heterocycles. The molecule has 0 aromatic heterocycles. The maximum Gasteiger partial charge on any atom is 0.128 e. The highest BCUT2D eigenvalue weighted by molar-refractivity contribution is 5.60. The van der Waals surface area contributed by atoms with Crippen molar-refractivity contribution in [3.63, 3.8) is 0 Å². The number of hydrogen-bond donors (Lipinski definition) is 1. The van der Waals surface area contributed by atoms with Crippen molar-refractivity contribution >= 4 is 0 Å². The Morgan fingerprint density at radius 1 is 1.21 bits per heavy atom. The van der Waals surface area contributed by atoms with Gasteiger partial charge in [0.15, 0.2) is 0 Å². The normalized spacial score (nSPS) is 21.7. The Kier molecular flexibility index (Phi) is 3.62. The zero-order valence-corrected chi connectivity index (χ0v) is 12.6. The molecule has 2 nitrogen and oxygen atoms in total. The van der Waals surface area contributed by atoms with Crippen molar-refractivity contribution < 1.29 is 9.84 Å². The molecule has 1 N–H and O–H groups in total. The predicted octanol–water partition coefficient (Wildman–Crippen LogP) is 4.37. The maximum absolute atomic E-state index is 10.2. The Labute approximate surface area is 116 Å². The zero-order chi connectivity index (χ0) is 14.2. The van der Waals surface area contributed by atoms with E-state index in [-0.39, 0.29) is 5.60 Å². The fourth-order valence-electron chi connectivity index (χ4n) is 2.73. The maximum atomic E-state index is 10.2. The molecule has 0 spiro atoms. The quantitative estimate of drug-likeness (QED) is 0.818. The van der Waals surface area contributed by atoms with Crippen molar-refractivity contribution in [3.05, 3.63) is 34.4 Å². The second-order valence-electron chi connectivity index (χ2n) is 5.81. The highest BCUT2D eigenvalue weighted by Gasteiger charge is 2.36. The van der Waals surface area contributed by atoms with E-state index in [2.05, 4.69) is 26.0 Å². The second kappa shape index (κ2) is 4.92. The van der Waals surface area contributed by atoms with Crippen LogP contribution in [0.2, 0.25) is 0 Å². The van der Waals surface area contributed by atoms with Gasteiger partial charge in [0.2, 0.25) is 0 Å². The van der Waals surface area contributed by atoms with Gasteiger partial charge in [0.25, 0.3) is 0 Å². The van der Waals surface area contributed by atoms with E-state index in [0.717, 1.165) is 47.3 Å². The van der Waals surface area contributed by atoms with Crippen molar-refractivity contribution in [1.29, 1.82) is 0 Å². The number of phenolic OH excluding ortho intramolecular Hbond substituents is 1. The van der Waals surface area contributed by atoms with Crippen LogP contribution in [0.5, 0.6) is 11.5 Å². The van der Waals surface area contributed by atoms with Gasteiger partial charge in [-0.1, -0.05) is 19.4 Å². The Morgan fingerprint density at radius 2 is 1.89 bits per heavy atom. The largest absolute Gasteiger partial charge is 0.507 e. The molecule has 0 fully saturated rings. The molecule has 0 radical (unpaired) electrons. The Morgan fingerprint density at radius 3 is 2.53 bits per heavy atom. The molecule has 1 aliphatic rings. The summed E-state index contributed by atoms with van der Waals surface area (Å²) in [5.74, 6) is 1.39. The minimum Gasteiger partial charge on any atom is -0.507 e. The van der Waals surface area contributed by atoms with Gasteiger partial charge in [-0.05, 0) is 56.9 Å². The molecule has 2 heteroatoms. The first-order chi connectivity index (χ1) is 8.89. The summed E-state index contributed by atoms with van der Waals surface area (Å²) in [6, 6.07) is 0. The molecule has 1 unspecified atom stereocenters. The molecule has 1 aromatic rings. The minimum absolute atomic E-state index is 0.271. The summed E-state index contributed by atoms with van der Waals surface area (Å²) < 4.78 is 6.19. The fraction of sp³-hybridized carbons (Fsp3) is 0.529. The number of ether oxygens (including phenoxy) is 1. The first-order valence-corrected chi connectivity index (χ1v) is 7.08. The lowest BCUT2D eigenvalue weighted by molar-refractivity contribution is 0.169. The second-order valence-corrected chi connectivity index (χ2v) is 5.81. The molecule has 1 aromatic carbocycles. The number of allylic oxidation sites excluding steroid dienone is 1. The first-order valence-electron chi connectivity index (χ1n) is 7.08. The molecule has 1 aliphatic heterocycles. The third-order valence-corrected chi connectivity index (χ3v) is 4.13. The average Bonchev–Trinajstić information content (AvgIpc) is 2.73. The SMILES string of the molecule is CCCC=CC1(C)Cc2c(C)c(O)c(C)c(C)c2O1. The van der Waals surface area contributed by atoms with Crippen molar-refractivity contribution in [1.82, 2.24) is 0 Å². The van der Waals surface area contributed by atoms with Gasteiger partial charge in [-0.3, -0.25) is 0 Å².